The summed E-state index contributed by atoms with van der Waals surface area (Å²) in [7, 11) is 1.83. The summed E-state index contributed by atoms with van der Waals surface area (Å²) in [6.45, 7) is 5.48. The van der Waals surface area contributed by atoms with Crippen molar-refractivity contribution in [2.45, 2.75) is 44.9 Å². The maximum absolute atomic E-state index is 5.73. The molecule has 3 atom stereocenters. The molecule has 2 fully saturated rings. The maximum atomic E-state index is 5.73. The molecule has 20 heavy (non-hydrogen) atoms. The van der Waals surface area contributed by atoms with Gasteiger partial charge in [0.25, 0.3) is 0 Å². The minimum atomic E-state index is 0.382. The number of ether oxygens (including phenoxy) is 2. The van der Waals surface area contributed by atoms with Gasteiger partial charge in [0.15, 0.2) is 0 Å². The Morgan fingerprint density at radius 3 is 3.10 bits per heavy atom. The molecule has 0 spiro atoms. The smallest absolute Gasteiger partial charge is 0.138 e. The lowest BCUT2D eigenvalue weighted by Crippen LogP contribution is -2.50. The summed E-state index contributed by atoms with van der Waals surface area (Å²) in [6, 6.07) is 0.450. The predicted octanol–water partition coefficient (Wildman–Crippen LogP) is 2.00. The highest BCUT2D eigenvalue weighted by Gasteiger charge is 2.38. The first-order valence-electron chi connectivity index (χ1n) is 7.54. The van der Waals surface area contributed by atoms with Gasteiger partial charge < -0.3 is 14.0 Å². The first kappa shape index (κ1) is 14.0. The van der Waals surface area contributed by atoms with E-state index in [4.69, 9.17) is 14.0 Å². The summed E-state index contributed by atoms with van der Waals surface area (Å²) in [5.74, 6) is 1.51. The Morgan fingerprint density at radius 1 is 1.45 bits per heavy atom. The predicted molar refractivity (Wildman–Crippen MR) is 74.4 cm³/mol. The molecular weight excluding hydrogens is 256 g/mol. The molecule has 1 saturated heterocycles. The third-order valence-corrected chi connectivity index (χ3v) is 4.80. The third-order valence-electron chi connectivity index (χ3n) is 4.80. The van der Waals surface area contributed by atoms with Gasteiger partial charge in [-0.1, -0.05) is 11.6 Å². The van der Waals surface area contributed by atoms with Crippen molar-refractivity contribution < 1.29 is 14.0 Å². The number of aryl methyl sites for hydroxylation is 1. The topological polar surface area (TPSA) is 47.7 Å². The van der Waals surface area contributed by atoms with Gasteiger partial charge in [-0.25, -0.2) is 0 Å². The van der Waals surface area contributed by atoms with E-state index in [1.165, 1.54) is 24.8 Å². The Morgan fingerprint density at radius 2 is 2.35 bits per heavy atom. The van der Waals surface area contributed by atoms with Crippen molar-refractivity contribution in [1.29, 1.82) is 0 Å². The fourth-order valence-electron chi connectivity index (χ4n) is 3.62. The van der Waals surface area contributed by atoms with Crippen molar-refractivity contribution in [2.75, 3.05) is 26.9 Å². The molecule has 2 heterocycles. The standard InChI is InChI=1S/C15H24N2O3/c1-11-12(8-16-20-11)9-17-6-7-19-10-14(17)13-4-3-5-15(13)18-2/h8,13-15H,3-7,9-10H2,1-2H3/t13-,14-,15+/m0/s1. The number of morpholine rings is 1. The normalized spacial score (nSPS) is 31.8. The molecule has 1 aliphatic heterocycles. The highest BCUT2D eigenvalue weighted by molar-refractivity contribution is 5.12. The lowest BCUT2D eigenvalue weighted by Gasteiger charge is -2.40. The van der Waals surface area contributed by atoms with Crippen molar-refractivity contribution in [1.82, 2.24) is 10.1 Å². The molecule has 0 radical (unpaired) electrons. The molecule has 3 rings (SSSR count). The first-order chi connectivity index (χ1) is 9.79. The van der Waals surface area contributed by atoms with Gasteiger partial charge in [0.1, 0.15) is 5.76 Å². The van der Waals surface area contributed by atoms with E-state index in [1.807, 2.05) is 20.2 Å². The number of hydrogen-bond acceptors (Lipinski definition) is 5. The van der Waals surface area contributed by atoms with Gasteiger partial charge in [0.2, 0.25) is 0 Å². The fourth-order valence-corrected chi connectivity index (χ4v) is 3.62. The molecule has 5 nitrogen and oxygen atoms in total. The van der Waals surface area contributed by atoms with Crippen LogP contribution in [0.25, 0.3) is 0 Å². The van der Waals surface area contributed by atoms with E-state index in [2.05, 4.69) is 10.1 Å². The minimum Gasteiger partial charge on any atom is -0.381 e. The second kappa shape index (κ2) is 6.24. The SMILES string of the molecule is CO[C@@H]1CCC[C@H]1[C@@H]1COCCN1Cc1cnoc1C. The van der Waals surface area contributed by atoms with Gasteiger partial charge in [-0.3, -0.25) is 4.90 Å². The summed E-state index contributed by atoms with van der Waals surface area (Å²) >= 11 is 0. The van der Waals surface area contributed by atoms with Gasteiger partial charge in [0.05, 0.1) is 25.5 Å². The quantitative estimate of drug-likeness (QED) is 0.844. The molecule has 0 N–H and O–H groups in total. The Labute approximate surface area is 120 Å². The van der Waals surface area contributed by atoms with Crippen molar-refractivity contribution in [3.63, 3.8) is 0 Å². The Kier molecular flexibility index (Phi) is 4.38. The van der Waals surface area contributed by atoms with Crippen LogP contribution in [0.5, 0.6) is 0 Å². The molecule has 1 aliphatic carbocycles. The third kappa shape index (κ3) is 2.75. The molecule has 1 aromatic rings. The lowest BCUT2D eigenvalue weighted by molar-refractivity contribution is -0.0609. The van der Waals surface area contributed by atoms with Crippen molar-refractivity contribution in [3.05, 3.63) is 17.5 Å². The average molecular weight is 280 g/mol. The molecule has 1 aromatic heterocycles. The molecule has 1 saturated carbocycles. The molecule has 0 amide bonds. The monoisotopic (exact) mass is 280 g/mol. The van der Waals surface area contributed by atoms with Gasteiger partial charge in [-0.2, -0.15) is 0 Å². The highest BCUT2D eigenvalue weighted by atomic mass is 16.5. The lowest BCUT2D eigenvalue weighted by atomic mass is 9.93. The second-order valence-corrected chi connectivity index (χ2v) is 5.89. The molecule has 2 aliphatic rings. The summed E-state index contributed by atoms with van der Waals surface area (Å²) in [6.07, 6.45) is 5.90. The van der Waals surface area contributed by atoms with Crippen LogP contribution >= 0.6 is 0 Å². The van der Waals surface area contributed by atoms with Crippen molar-refractivity contribution in [2.24, 2.45) is 5.92 Å². The number of rotatable bonds is 4. The summed E-state index contributed by atoms with van der Waals surface area (Å²) in [5.41, 5.74) is 1.18. The van der Waals surface area contributed by atoms with Crippen LogP contribution in [0, 0.1) is 12.8 Å². The van der Waals surface area contributed by atoms with Crippen LogP contribution in [0.4, 0.5) is 0 Å². The molecule has 0 aromatic carbocycles. The minimum absolute atomic E-state index is 0.382. The van der Waals surface area contributed by atoms with Crippen molar-refractivity contribution in [3.8, 4) is 0 Å². The average Bonchev–Trinajstić information content (AvgIpc) is 3.09. The number of hydrogen-bond donors (Lipinski definition) is 0. The summed E-state index contributed by atoms with van der Waals surface area (Å²) < 4.78 is 16.6. The first-order valence-corrected chi connectivity index (χ1v) is 7.54. The van der Waals surface area contributed by atoms with E-state index in [1.54, 1.807) is 0 Å². The Balaban J connectivity index is 1.72. The van der Waals surface area contributed by atoms with E-state index in [0.29, 0.717) is 18.1 Å². The van der Waals surface area contributed by atoms with Gasteiger partial charge in [-0.15, -0.1) is 0 Å². The molecule has 0 unspecified atom stereocenters. The highest BCUT2D eigenvalue weighted by Crippen LogP contribution is 2.34. The molecular formula is C15H24N2O3. The number of nitrogens with zero attached hydrogens (tertiary/aromatic N) is 2. The van der Waals surface area contributed by atoms with Crippen LogP contribution in [-0.2, 0) is 16.0 Å². The van der Waals surface area contributed by atoms with E-state index < -0.39 is 0 Å². The van der Waals surface area contributed by atoms with Crippen LogP contribution in [0.15, 0.2) is 10.7 Å². The largest absolute Gasteiger partial charge is 0.381 e. The van der Waals surface area contributed by atoms with Gasteiger partial charge in [0, 0.05) is 37.7 Å². The van der Waals surface area contributed by atoms with Crippen LogP contribution in [-0.4, -0.2) is 49.1 Å². The van der Waals surface area contributed by atoms with Crippen LogP contribution < -0.4 is 0 Å². The zero-order valence-electron chi connectivity index (χ0n) is 12.4. The zero-order chi connectivity index (χ0) is 13.9. The van der Waals surface area contributed by atoms with Crippen molar-refractivity contribution >= 4 is 0 Å². The van der Waals surface area contributed by atoms with Crippen LogP contribution in [0.3, 0.4) is 0 Å². The van der Waals surface area contributed by atoms with Crippen LogP contribution in [0.2, 0.25) is 0 Å². The van der Waals surface area contributed by atoms with E-state index in [-0.39, 0.29) is 0 Å². The van der Waals surface area contributed by atoms with E-state index in [0.717, 1.165) is 32.1 Å². The fraction of sp³-hybridized carbons (Fsp3) is 0.800. The Hall–Kier alpha value is -0.910. The van der Waals surface area contributed by atoms with E-state index >= 15 is 0 Å². The summed E-state index contributed by atoms with van der Waals surface area (Å²) in [4.78, 5) is 2.52. The van der Waals surface area contributed by atoms with Crippen LogP contribution in [0.1, 0.15) is 30.6 Å². The molecule has 5 heteroatoms. The number of aromatic nitrogens is 1. The molecule has 112 valence electrons. The molecule has 0 bridgehead atoms. The Bertz CT molecular complexity index is 435. The van der Waals surface area contributed by atoms with Gasteiger partial charge in [-0.05, 0) is 19.8 Å². The maximum Gasteiger partial charge on any atom is 0.138 e. The van der Waals surface area contributed by atoms with E-state index in [9.17, 15) is 0 Å². The summed E-state index contributed by atoms with van der Waals surface area (Å²) in [5, 5.41) is 3.88. The van der Waals surface area contributed by atoms with Gasteiger partial charge >= 0.3 is 0 Å². The number of methoxy groups -OCH3 is 1. The zero-order valence-corrected chi connectivity index (χ0v) is 12.4. The second-order valence-electron chi connectivity index (χ2n) is 5.89.